The van der Waals surface area contributed by atoms with Crippen LogP contribution in [0.5, 0.6) is 5.75 Å². The molecular formula is C40H43N3O6S. The quantitative estimate of drug-likeness (QED) is 0.118. The molecule has 0 saturated heterocycles. The predicted molar refractivity (Wildman–Crippen MR) is 194 cm³/mol. The SMILES string of the molecule is O=C(NS(=O)(=O)c1ccc(NCC2CCCCC2)c([N+](=O)[O-])c1)c1ccc2cc(-c3ccc(O)c(C45CC6CC(CC(C6)C4)C5)c3)ccc2c1. The van der Waals surface area contributed by atoms with Crippen molar-refractivity contribution in [1.29, 1.82) is 0 Å². The third-order valence-electron chi connectivity index (χ3n) is 12.1. The Hall–Kier alpha value is -4.44. The first-order chi connectivity index (χ1) is 24.0. The van der Waals surface area contributed by atoms with Gasteiger partial charge < -0.3 is 10.4 Å². The van der Waals surface area contributed by atoms with Crippen LogP contribution < -0.4 is 10.0 Å². The van der Waals surface area contributed by atoms with Crippen molar-refractivity contribution in [2.24, 2.45) is 23.7 Å². The molecule has 5 aliphatic rings. The third-order valence-corrected chi connectivity index (χ3v) is 13.4. The lowest BCUT2D eigenvalue weighted by Crippen LogP contribution is -2.48. The van der Waals surface area contributed by atoms with E-state index < -0.39 is 20.9 Å². The lowest BCUT2D eigenvalue weighted by Gasteiger charge is -2.57. The molecule has 9 rings (SSSR count). The minimum absolute atomic E-state index is 0.0622. The van der Waals surface area contributed by atoms with Crippen LogP contribution in [-0.4, -0.2) is 30.9 Å². The van der Waals surface area contributed by atoms with Gasteiger partial charge in [-0.3, -0.25) is 14.9 Å². The lowest BCUT2D eigenvalue weighted by molar-refractivity contribution is -0.384. The number of phenolic OH excluding ortho intramolecular Hbond substituents is 1. The van der Waals surface area contributed by atoms with E-state index in [1.54, 1.807) is 18.2 Å². The molecule has 50 heavy (non-hydrogen) atoms. The zero-order valence-electron chi connectivity index (χ0n) is 28.1. The topological polar surface area (TPSA) is 139 Å². The first kappa shape index (κ1) is 32.7. The minimum atomic E-state index is -4.39. The number of nitrogens with one attached hydrogen (secondary N) is 2. The van der Waals surface area contributed by atoms with E-state index in [-0.39, 0.29) is 27.2 Å². The van der Waals surface area contributed by atoms with Gasteiger partial charge >= 0.3 is 0 Å². The average Bonchev–Trinajstić information content (AvgIpc) is 3.10. The van der Waals surface area contributed by atoms with Crippen LogP contribution in [0.2, 0.25) is 0 Å². The van der Waals surface area contributed by atoms with Crippen LogP contribution in [0, 0.1) is 33.8 Å². The number of sulfonamides is 1. The van der Waals surface area contributed by atoms with Crippen LogP contribution in [0.25, 0.3) is 21.9 Å². The summed E-state index contributed by atoms with van der Waals surface area (Å²) in [6.07, 6.45) is 13.1. The largest absolute Gasteiger partial charge is 0.508 e. The standard InChI is InChI=1S/C40H43N3O6S/c44-38-13-10-32(19-35(38)40-21-26-14-27(22-40)16-28(15-26)23-40)30-6-7-31-18-33(9-8-29(31)17-30)39(45)42-50(48,49)34-11-12-36(37(20-34)43(46)47)41-24-25-4-2-1-3-5-25/h6-13,17-20,25-28,41,44H,1-5,14-16,21-24H2,(H,42,45). The lowest BCUT2D eigenvalue weighted by atomic mass is 9.48. The number of nitro benzene ring substituents is 1. The molecule has 0 heterocycles. The number of anilines is 1. The van der Waals surface area contributed by atoms with E-state index >= 15 is 0 Å². The van der Waals surface area contributed by atoms with Crippen molar-refractivity contribution < 1.29 is 23.2 Å². The number of rotatable bonds is 9. The molecule has 10 heteroatoms. The van der Waals surface area contributed by atoms with Crippen molar-refractivity contribution in [3.8, 4) is 16.9 Å². The number of carbonyl (C=O) groups excluding carboxylic acids is 1. The first-order valence-electron chi connectivity index (χ1n) is 18.0. The molecule has 0 spiro atoms. The number of nitrogens with zero attached hydrogens (tertiary/aromatic N) is 1. The molecular weight excluding hydrogens is 651 g/mol. The van der Waals surface area contributed by atoms with Gasteiger partial charge in [0.1, 0.15) is 11.4 Å². The molecule has 5 saturated carbocycles. The monoisotopic (exact) mass is 693 g/mol. The number of carbonyl (C=O) groups is 1. The van der Waals surface area contributed by atoms with Crippen molar-refractivity contribution in [3.63, 3.8) is 0 Å². The number of nitro groups is 1. The predicted octanol–water partition coefficient (Wildman–Crippen LogP) is 8.70. The molecule has 4 aromatic carbocycles. The second-order valence-electron chi connectivity index (χ2n) is 15.5. The van der Waals surface area contributed by atoms with Crippen molar-refractivity contribution >= 4 is 38.1 Å². The summed E-state index contributed by atoms with van der Waals surface area (Å²) in [6.45, 7) is 0.588. The van der Waals surface area contributed by atoms with Crippen LogP contribution in [0.15, 0.2) is 77.7 Å². The smallest absolute Gasteiger partial charge is 0.293 e. The van der Waals surface area contributed by atoms with Gasteiger partial charge in [0, 0.05) is 23.7 Å². The van der Waals surface area contributed by atoms with Crippen molar-refractivity contribution in [1.82, 2.24) is 4.72 Å². The molecule has 0 atom stereocenters. The Balaban J connectivity index is 0.992. The molecule has 0 aromatic heterocycles. The number of fused-ring (bicyclic) bond motifs is 1. The Kier molecular flexibility index (Phi) is 8.32. The minimum Gasteiger partial charge on any atom is -0.508 e. The number of amides is 1. The number of hydrogen-bond acceptors (Lipinski definition) is 7. The summed E-state index contributed by atoms with van der Waals surface area (Å²) in [5, 5.41) is 27.7. The summed E-state index contributed by atoms with van der Waals surface area (Å²) in [5.41, 5.74) is 3.25. The Bertz CT molecular complexity index is 2070. The fourth-order valence-corrected chi connectivity index (χ4v) is 11.0. The molecule has 1 amide bonds. The zero-order chi connectivity index (χ0) is 34.6. The summed E-state index contributed by atoms with van der Waals surface area (Å²) in [6, 6.07) is 20.6. The summed E-state index contributed by atoms with van der Waals surface area (Å²) in [7, 11) is -4.39. The number of phenols is 1. The van der Waals surface area contributed by atoms with E-state index in [1.165, 1.54) is 37.8 Å². The molecule has 0 aliphatic heterocycles. The fraction of sp³-hybridized carbons (Fsp3) is 0.425. The molecule has 4 aromatic rings. The van der Waals surface area contributed by atoms with Crippen molar-refractivity contribution in [2.45, 2.75) is 80.9 Å². The molecule has 4 bridgehead atoms. The van der Waals surface area contributed by atoms with Crippen LogP contribution in [0.3, 0.4) is 0 Å². The van der Waals surface area contributed by atoms with E-state index in [9.17, 15) is 28.4 Å². The second-order valence-corrected chi connectivity index (χ2v) is 17.1. The highest BCUT2D eigenvalue weighted by molar-refractivity contribution is 7.90. The highest BCUT2D eigenvalue weighted by Crippen LogP contribution is 2.62. The van der Waals surface area contributed by atoms with Crippen LogP contribution in [0.4, 0.5) is 11.4 Å². The fourth-order valence-electron chi connectivity index (χ4n) is 10.0. The summed E-state index contributed by atoms with van der Waals surface area (Å²) < 4.78 is 28.6. The van der Waals surface area contributed by atoms with E-state index in [4.69, 9.17) is 0 Å². The molecule has 5 aliphatic carbocycles. The molecule has 0 unspecified atom stereocenters. The average molecular weight is 694 g/mol. The van der Waals surface area contributed by atoms with Crippen molar-refractivity contribution in [2.75, 3.05) is 11.9 Å². The van der Waals surface area contributed by atoms with Gasteiger partial charge in [0.15, 0.2) is 0 Å². The van der Waals surface area contributed by atoms with Gasteiger partial charge in [0.05, 0.1) is 9.82 Å². The summed E-state index contributed by atoms with van der Waals surface area (Å²) in [4.78, 5) is 24.1. The molecule has 5 fully saturated rings. The normalized spacial score (nSPS) is 24.7. The van der Waals surface area contributed by atoms with Gasteiger partial charge in [-0.15, -0.1) is 0 Å². The highest BCUT2D eigenvalue weighted by Gasteiger charge is 2.52. The van der Waals surface area contributed by atoms with Gasteiger partial charge in [0.25, 0.3) is 21.6 Å². The third kappa shape index (κ3) is 6.23. The first-order valence-corrected chi connectivity index (χ1v) is 19.5. The Morgan fingerprint density at radius 1 is 0.820 bits per heavy atom. The number of hydrogen-bond donors (Lipinski definition) is 3. The maximum atomic E-state index is 13.2. The van der Waals surface area contributed by atoms with E-state index in [0.717, 1.165) is 96.2 Å². The van der Waals surface area contributed by atoms with Gasteiger partial charge in [-0.1, -0.05) is 43.5 Å². The Labute approximate surface area is 292 Å². The van der Waals surface area contributed by atoms with Gasteiger partial charge in [0.2, 0.25) is 0 Å². The van der Waals surface area contributed by atoms with Crippen molar-refractivity contribution in [3.05, 3.63) is 94.0 Å². The van der Waals surface area contributed by atoms with E-state index in [1.807, 2.05) is 30.3 Å². The molecule has 3 N–H and O–H groups in total. The van der Waals surface area contributed by atoms with Crippen LogP contribution >= 0.6 is 0 Å². The Morgan fingerprint density at radius 2 is 1.46 bits per heavy atom. The number of aromatic hydroxyl groups is 1. The van der Waals surface area contributed by atoms with Crippen LogP contribution in [-0.2, 0) is 15.4 Å². The zero-order valence-corrected chi connectivity index (χ0v) is 28.9. The van der Waals surface area contributed by atoms with Gasteiger partial charge in [-0.25, -0.2) is 13.1 Å². The summed E-state index contributed by atoms with van der Waals surface area (Å²) in [5.74, 6) is 2.29. The molecule has 260 valence electrons. The van der Waals surface area contributed by atoms with E-state index in [0.29, 0.717) is 18.2 Å². The highest BCUT2D eigenvalue weighted by atomic mass is 32.2. The number of benzene rings is 4. The van der Waals surface area contributed by atoms with E-state index in [2.05, 4.69) is 16.1 Å². The summed E-state index contributed by atoms with van der Waals surface area (Å²) >= 11 is 0. The van der Waals surface area contributed by atoms with Crippen LogP contribution in [0.1, 0.15) is 86.6 Å². The maximum Gasteiger partial charge on any atom is 0.293 e. The maximum absolute atomic E-state index is 13.2. The Morgan fingerprint density at radius 3 is 2.16 bits per heavy atom. The van der Waals surface area contributed by atoms with Gasteiger partial charge in [-0.05, 0) is 145 Å². The second kappa shape index (κ2) is 12.7. The molecule has 0 radical (unpaired) electrons. The molecule has 9 nitrogen and oxygen atoms in total. The van der Waals surface area contributed by atoms with Gasteiger partial charge in [-0.2, -0.15) is 0 Å².